The van der Waals surface area contributed by atoms with Crippen molar-refractivity contribution in [1.82, 2.24) is 4.90 Å². The van der Waals surface area contributed by atoms with E-state index in [4.69, 9.17) is 6.42 Å². The molecule has 0 aromatic heterocycles. The quantitative estimate of drug-likeness (QED) is 0.583. The first-order valence-corrected chi connectivity index (χ1v) is 9.70. The van der Waals surface area contributed by atoms with E-state index in [1.165, 1.54) is 11.3 Å². The van der Waals surface area contributed by atoms with Crippen LogP contribution in [-0.4, -0.2) is 34.7 Å². The number of terminal acetylenes is 1. The summed E-state index contributed by atoms with van der Waals surface area (Å²) < 4.78 is 0. The van der Waals surface area contributed by atoms with Crippen molar-refractivity contribution in [2.24, 2.45) is 0 Å². The number of carbonyl (C=O) groups is 2. The number of nitrogens with zero attached hydrogens (tertiary/aromatic N) is 2. The maximum absolute atomic E-state index is 12.4. The fraction of sp³-hybridized carbons (Fsp3) is 0.429. The van der Waals surface area contributed by atoms with Gasteiger partial charge in [-0.15, -0.1) is 6.42 Å². The monoisotopic (exact) mass is 368 g/mol. The standard InChI is InChI=1S/C21H24N2O2S/c1-6-10-22-19(24)18(26-20(22)25)12-15-8-9-17-16(11-15)14(3)13-21(4,5)23(17)7-2/h1,8-9,11-12,14H,7,10,13H2,2-5H3/b18-12+. The van der Waals surface area contributed by atoms with Gasteiger partial charge in [0.2, 0.25) is 0 Å². The topological polar surface area (TPSA) is 40.6 Å². The number of rotatable bonds is 3. The van der Waals surface area contributed by atoms with Gasteiger partial charge in [0.1, 0.15) is 0 Å². The number of amides is 2. The average Bonchev–Trinajstić information content (AvgIpc) is 2.83. The van der Waals surface area contributed by atoms with Gasteiger partial charge in [-0.2, -0.15) is 0 Å². The molecule has 0 spiro atoms. The molecule has 0 aliphatic carbocycles. The van der Waals surface area contributed by atoms with E-state index in [1.807, 2.05) is 6.07 Å². The Bertz CT molecular complexity index is 835. The molecular weight excluding hydrogens is 344 g/mol. The fourth-order valence-electron chi connectivity index (χ4n) is 4.08. The van der Waals surface area contributed by atoms with E-state index < -0.39 is 0 Å². The van der Waals surface area contributed by atoms with Crippen LogP contribution < -0.4 is 4.90 Å². The number of anilines is 1. The summed E-state index contributed by atoms with van der Waals surface area (Å²) in [6, 6.07) is 6.30. The van der Waals surface area contributed by atoms with Crippen molar-refractivity contribution in [3.8, 4) is 12.3 Å². The van der Waals surface area contributed by atoms with Crippen LogP contribution >= 0.6 is 11.8 Å². The van der Waals surface area contributed by atoms with E-state index in [0.717, 1.165) is 35.2 Å². The number of imide groups is 1. The van der Waals surface area contributed by atoms with E-state index in [0.29, 0.717) is 10.8 Å². The van der Waals surface area contributed by atoms with Gasteiger partial charge in [0.15, 0.2) is 0 Å². The molecule has 5 heteroatoms. The molecule has 1 aromatic carbocycles. The molecule has 1 fully saturated rings. The third kappa shape index (κ3) is 3.14. The molecule has 0 N–H and O–H groups in total. The second kappa shape index (κ2) is 6.85. The van der Waals surface area contributed by atoms with Crippen molar-refractivity contribution in [2.75, 3.05) is 18.0 Å². The summed E-state index contributed by atoms with van der Waals surface area (Å²) in [6.07, 6.45) is 8.12. The number of fused-ring (bicyclic) bond motifs is 1. The third-order valence-corrected chi connectivity index (χ3v) is 6.05. The highest BCUT2D eigenvalue weighted by Crippen LogP contribution is 2.44. The van der Waals surface area contributed by atoms with E-state index >= 15 is 0 Å². The van der Waals surface area contributed by atoms with Crippen LogP contribution in [0.25, 0.3) is 6.08 Å². The van der Waals surface area contributed by atoms with Gasteiger partial charge in [-0.1, -0.05) is 18.9 Å². The van der Waals surface area contributed by atoms with Crippen molar-refractivity contribution in [1.29, 1.82) is 0 Å². The van der Waals surface area contributed by atoms with Crippen molar-refractivity contribution in [3.05, 3.63) is 34.2 Å². The molecule has 26 heavy (non-hydrogen) atoms. The lowest BCUT2D eigenvalue weighted by molar-refractivity contribution is -0.122. The summed E-state index contributed by atoms with van der Waals surface area (Å²) in [5, 5.41) is -0.301. The number of benzene rings is 1. The highest BCUT2D eigenvalue weighted by atomic mass is 32.2. The zero-order chi connectivity index (χ0) is 19.1. The number of hydrogen-bond donors (Lipinski definition) is 0. The number of hydrogen-bond acceptors (Lipinski definition) is 4. The molecule has 3 rings (SSSR count). The van der Waals surface area contributed by atoms with Crippen LogP contribution in [0.3, 0.4) is 0 Å². The Morgan fingerprint density at radius 3 is 2.77 bits per heavy atom. The summed E-state index contributed by atoms with van der Waals surface area (Å²) in [7, 11) is 0. The Kier molecular flexibility index (Phi) is 4.90. The summed E-state index contributed by atoms with van der Waals surface area (Å²) in [5.74, 6) is 2.49. The summed E-state index contributed by atoms with van der Waals surface area (Å²) in [5.41, 5.74) is 3.62. The molecular formula is C21H24N2O2S. The zero-order valence-corrected chi connectivity index (χ0v) is 16.5. The molecule has 2 aliphatic rings. The maximum Gasteiger partial charge on any atom is 0.294 e. The predicted molar refractivity (Wildman–Crippen MR) is 108 cm³/mol. The molecule has 0 bridgehead atoms. The first-order chi connectivity index (χ1) is 12.3. The summed E-state index contributed by atoms with van der Waals surface area (Å²) in [4.78, 5) is 28.3. The SMILES string of the molecule is C#CCN1C(=O)S/C(=C/c2ccc3c(c2)C(C)CC(C)(C)N3CC)C1=O. The first-order valence-electron chi connectivity index (χ1n) is 8.89. The smallest absolute Gasteiger partial charge is 0.294 e. The lowest BCUT2D eigenvalue weighted by Gasteiger charge is -2.47. The molecule has 0 radical (unpaired) electrons. The highest BCUT2D eigenvalue weighted by Gasteiger charge is 2.36. The molecule has 0 saturated carbocycles. The normalized spacial score (nSPS) is 23.3. The molecule has 1 aromatic rings. The Labute approximate surface area is 159 Å². The zero-order valence-electron chi connectivity index (χ0n) is 15.7. The summed E-state index contributed by atoms with van der Waals surface area (Å²) >= 11 is 0.952. The van der Waals surface area contributed by atoms with Gasteiger partial charge in [0, 0.05) is 17.8 Å². The van der Waals surface area contributed by atoms with Gasteiger partial charge in [-0.05, 0) is 74.2 Å². The molecule has 4 nitrogen and oxygen atoms in total. The molecule has 2 aliphatic heterocycles. The van der Waals surface area contributed by atoms with Crippen LogP contribution in [0, 0.1) is 12.3 Å². The highest BCUT2D eigenvalue weighted by molar-refractivity contribution is 8.18. The molecule has 1 unspecified atom stereocenters. The minimum absolute atomic E-state index is 0.0176. The van der Waals surface area contributed by atoms with E-state index in [9.17, 15) is 9.59 Å². The molecule has 1 saturated heterocycles. The Morgan fingerprint density at radius 1 is 1.38 bits per heavy atom. The average molecular weight is 369 g/mol. The maximum atomic E-state index is 12.4. The van der Waals surface area contributed by atoms with E-state index in [1.54, 1.807) is 6.08 Å². The molecule has 136 valence electrons. The lowest BCUT2D eigenvalue weighted by atomic mass is 9.79. The van der Waals surface area contributed by atoms with Crippen LogP contribution in [0.5, 0.6) is 0 Å². The van der Waals surface area contributed by atoms with Gasteiger partial charge in [-0.3, -0.25) is 14.5 Å². The minimum Gasteiger partial charge on any atom is -0.366 e. The van der Waals surface area contributed by atoms with E-state index in [-0.39, 0.29) is 23.2 Å². The van der Waals surface area contributed by atoms with Gasteiger partial charge in [-0.25, -0.2) is 0 Å². The lowest BCUT2D eigenvalue weighted by Crippen LogP contribution is -2.48. The second-order valence-corrected chi connectivity index (χ2v) is 8.45. The van der Waals surface area contributed by atoms with Crippen molar-refractivity contribution < 1.29 is 9.59 Å². The third-order valence-electron chi connectivity index (χ3n) is 5.15. The largest absolute Gasteiger partial charge is 0.366 e. The van der Waals surface area contributed by atoms with Gasteiger partial charge in [0.25, 0.3) is 11.1 Å². The van der Waals surface area contributed by atoms with Crippen molar-refractivity contribution >= 4 is 34.7 Å². The van der Waals surface area contributed by atoms with Crippen molar-refractivity contribution in [3.63, 3.8) is 0 Å². The number of thioether (sulfide) groups is 1. The van der Waals surface area contributed by atoms with Crippen molar-refractivity contribution in [2.45, 2.75) is 45.6 Å². The van der Waals surface area contributed by atoms with Gasteiger partial charge >= 0.3 is 0 Å². The minimum atomic E-state index is -0.306. The summed E-state index contributed by atoms with van der Waals surface area (Å²) in [6.45, 7) is 9.96. The van der Waals surface area contributed by atoms with Crippen LogP contribution in [-0.2, 0) is 4.79 Å². The molecule has 2 amide bonds. The van der Waals surface area contributed by atoms with Crippen LogP contribution in [0.4, 0.5) is 10.5 Å². The Hall–Kier alpha value is -2.19. The van der Waals surface area contributed by atoms with Gasteiger partial charge in [0.05, 0.1) is 11.4 Å². The predicted octanol–water partition coefficient (Wildman–Crippen LogP) is 4.47. The van der Waals surface area contributed by atoms with Gasteiger partial charge < -0.3 is 4.90 Å². The van der Waals surface area contributed by atoms with Crippen LogP contribution in [0.1, 0.15) is 51.2 Å². The second-order valence-electron chi connectivity index (χ2n) is 7.45. The fourth-order valence-corrected chi connectivity index (χ4v) is 4.91. The molecule has 2 heterocycles. The number of carbonyl (C=O) groups excluding carboxylic acids is 2. The molecule has 1 atom stereocenters. The first kappa shape index (κ1) is 18.6. The van der Waals surface area contributed by atoms with Crippen LogP contribution in [0.15, 0.2) is 23.1 Å². The van der Waals surface area contributed by atoms with Crippen LogP contribution in [0.2, 0.25) is 0 Å². The Balaban J connectivity index is 1.96. The van der Waals surface area contributed by atoms with E-state index in [2.05, 4.69) is 50.6 Å². The Morgan fingerprint density at radius 2 is 2.12 bits per heavy atom.